The smallest absolute Gasteiger partial charge is 0.0714 e. The molecule has 1 heterocycles. The zero-order valence-electron chi connectivity index (χ0n) is 34.5. The van der Waals surface area contributed by atoms with Gasteiger partial charge in [0.15, 0.2) is 0 Å². The van der Waals surface area contributed by atoms with Gasteiger partial charge in [0.05, 0.1) is 11.1 Å². The second kappa shape index (κ2) is 15.3. The first-order valence-electron chi connectivity index (χ1n) is 21.7. The molecule has 0 radical (unpaired) electrons. The van der Waals surface area contributed by atoms with Crippen molar-refractivity contribution < 1.29 is 0 Å². The third kappa shape index (κ3) is 6.14. The van der Waals surface area contributed by atoms with Crippen LogP contribution in [0.5, 0.6) is 0 Å². The molecule has 1 aromatic heterocycles. The largest absolute Gasteiger partial charge is 0.310 e. The van der Waals surface area contributed by atoms with Gasteiger partial charge in [-0.3, -0.25) is 0 Å². The first-order chi connectivity index (χ1) is 31.2. The lowest BCUT2D eigenvalue weighted by molar-refractivity contribution is 0.768. The maximum absolute atomic E-state index is 2.48. The normalized spacial score (nSPS) is 12.6. The van der Waals surface area contributed by atoms with Crippen molar-refractivity contribution >= 4 is 48.6 Å². The third-order valence-corrected chi connectivity index (χ3v) is 14.1. The monoisotopic (exact) mass is 819 g/mol. The maximum Gasteiger partial charge on any atom is 0.0714 e. The Morgan fingerprint density at radius 3 is 1.54 bits per heavy atom. The molecule has 296 valence electrons. The molecule has 1 nitrogen and oxygen atoms in total. The van der Waals surface area contributed by atoms with Crippen LogP contribution in [-0.4, -0.2) is 0 Å². The van der Waals surface area contributed by atoms with Gasteiger partial charge in [-0.05, 0) is 110 Å². The van der Waals surface area contributed by atoms with Crippen molar-refractivity contribution in [1.29, 1.82) is 0 Å². The van der Waals surface area contributed by atoms with Gasteiger partial charge in [-0.25, -0.2) is 0 Å². The van der Waals surface area contributed by atoms with Crippen LogP contribution in [0.2, 0.25) is 0 Å². The Labute approximate surface area is 372 Å². The second-order valence-electron chi connectivity index (χ2n) is 16.4. The molecule has 0 atom stereocenters. The molecule has 63 heavy (non-hydrogen) atoms. The Hall–Kier alpha value is -7.78. The van der Waals surface area contributed by atoms with Gasteiger partial charge in [-0.2, -0.15) is 0 Å². The quantitative estimate of drug-likeness (QED) is 0.148. The van der Waals surface area contributed by atoms with Crippen LogP contribution in [0.1, 0.15) is 22.3 Å². The zero-order chi connectivity index (χ0) is 41.7. The second-order valence-corrected chi connectivity index (χ2v) is 17.5. The van der Waals surface area contributed by atoms with Gasteiger partial charge in [0.1, 0.15) is 0 Å². The molecule has 0 aliphatic heterocycles. The van der Waals surface area contributed by atoms with Crippen molar-refractivity contribution in [2.24, 2.45) is 0 Å². The Kier molecular flexibility index (Phi) is 8.98. The molecule has 1 aliphatic rings. The van der Waals surface area contributed by atoms with Crippen molar-refractivity contribution in [2.75, 3.05) is 4.90 Å². The Morgan fingerprint density at radius 2 is 0.810 bits per heavy atom. The van der Waals surface area contributed by atoms with E-state index in [0.29, 0.717) is 0 Å². The van der Waals surface area contributed by atoms with Crippen LogP contribution in [-0.2, 0) is 5.41 Å². The van der Waals surface area contributed by atoms with Gasteiger partial charge in [-0.1, -0.05) is 200 Å². The van der Waals surface area contributed by atoms with Crippen molar-refractivity contribution in [3.05, 3.63) is 271 Å². The number of benzene rings is 10. The predicted molar refractivity (Wildman–Crippen MR) is 268 cm³/mol. The van der Waals surface area contributed by atoms with Crippen LogP contribution in [0.3, 0.4) is 0 Å². The highest BCUT2D eigenvalue weighted by molar-refractivity contribution is 7.25. The number of hydrogen-bond acceptors (Lipinski definition) is 2. The van der Waals surface area contributed by atoms with Crippen molar-refractivity contribution in [2.45, 2.75) is 5.41 Å². The van der Waals surface area contributed by atoms with E-state index in [2.05, 4.69) is 254 Å². The fourth-order valence-corrected chi connectivity index (χ4v) is 11.2. The summed E-state index contributed by atoms with van der Waals surface area (Å²) in [6.45, 7) is 0. The number of rotatable bonds is 8. The summed E-state index contributed by atoms with van der Waals surface area (Å²) in [7, 11) is 0. The van der Waals surface area contributed by atoms with Crippen molar-refractivity contribution in [1.82, 2.24) is 0 Å². The lowest BCUT2D eigenvalue weighted by Gasteiger charge is -2.35. The van der Waals surface area contributed by atoms with E-state index < -0.39 is 5.41 Å². The van der Waals surface area contributed by atoms with E-state index in [1.807, 2.05) is 11.3 Å². The Balaban J connectivity index is 1.10. The fourth-order valence-electron chi connectivity index (χ4n) is 10.1. The number of fused-ring (bicyclic) bond motifs is 6. The van der Waals surface area contributed by atoms with Crippen LogP contribution in [0.15, 0.2) is 249 Å². The first-order valence-corrected chi connectivity index (χ1v) is 22.5. The lowest BCUT2D eigenvalue weighted by Crippen LogP contribution is -2.28. The molecular formula is C61H41NS. The SMILES string of the molecule is c1ccc(-c2ccc(-c3ccccc3)c(N(c3ccc(-c4ccc5sc6ccccc6c5c4)cc3)c3ccc4c(c3)C(c3ccccc3)(c3ccccc3)c3ccccc3-4)c2)cc1. The molecule has 2 heteroatoms. The summed E-state index contributed by atoms with van der Waals surface area (Å²) in [5.74, 6) is 0. The molecular weight excluding hydrogens is 779 g/mol. The molecule has 1 aliphatic carbocycles. The number of hydrogen-bond donors (Lipinski definition) is 0. The van der Waals surface area contributed by atoms with Crippen molar-refractivity contribution in [3.63, 3.8) is 0 Å². The van der Waals surface area contributed by atoms with E-state index in [4.69, 9.17) is 0 Å². The number of thiophene rings is 1. The minimum Gasteiger partial charge on any atom is -0.310 e. The minimum atomic E-state index is -0.529. The van der Waals surface area contributed by atoms with Crippen LogP contribution in [0.25, 0.3) is 64.7 Å². The average Bonchev–Trinajstić information content (AvgIpc) is 3.89. The summed E-state index contributed by atoms with van der Waals surface area (Å²) in [6, 6.07) is 91.7. The molecule has 0 amide bonds. The summed E-state index contributed by atoms with van der Waals surface area (Å²) in [5.41, 5.74) is 17.5. The summed E-state index contributed by atoms with van der Waals surface area (Å²) in [5, 5.41) is 2.62. The molecule has 0 N–H and O–H groups in total. The number of anilines is 3. The van der Waals surface area contributed by atoms with Gasteiger partial charge >= 0.3 is 0 Å². The molecule has 0 saturated carbocycles. The average molecular weight is 820 g/mol. The molecule has 12 rings (SSSR count). The highest BCUT2D eigenvalue weighted by Gasteiger charge is 2.46. The Morgan fingerprint density at radius 1 is 0.302 bits per heavy atom. The van der Waals surface area contributed by atoms with E-state index in [1.165, 1.54) is 81.4 Å². The van der Waals surface area contributed by atoms with Gasteiger partial charge < -0.3 is 4.90 Å². The Bertz CT molecular complexity index is 3390. The summed E-state index contributed by atoms with van der Waals surface area (Å²) < 4.78 is 2.64. The maximum atomic E-state index is 2.48. The highest BCUT2D eigenvalue weighted by Crippen LogP contribution is 2.57. The molecule has 10 aromatic carbocycles. The summed E-state index contributed by atoms with van der Waals surface area (Å²) >= 11 is 1.86. The van der Waals surface area contributed by atoms with Crippen LogP contribution in [0, 0.1) is 0 Å². The predicted octanol–water partition coefficient (Wildman–Crippen LogP) is 16.9. The zero-order valence-corrected chi connectivity index (χ0v) is 35.3. The van der Waals surface area contributed by atoms with Gasteiger partial charge in [0.2, 0.25) is 0 Å². The highest BCUT2D eigenvalue weighted by atomic mass is 32.1. The molecule has 0 bridgehead atoms. The standard InChI is InChI=1S/C61H41NS/c1-5-17-42(18-6-1)46-31-36-51(44-19-7-2-8-20-44)58(40-46)62(49-33-29-43(30-34-49)45-32-38-60-55(39-45)54-26-14-16-28-59(54)63-60)50-35-37-53-52-25-13-15-27-56(52)61(57(53)41-50,47-21-9-3-10-22-47)48-23-11-4-12-24-48/h1-41H. The fraction of sp³-hybridized carbons (Fsp3) is 0.0164. The van der Waals surface area contributed by atoms with Gasteiger partial charge in [0.25, 0.3) is 0 Å². The van der Waals surface area contributed by atoms with E-state index >= 15 is 0 Å². The van der Waals surface area contributed by atoms with E-state index in [9.17, 15) is 0 Å². The van der Waals surface area contributed by atoms with E-state index in [0.717, 1.165) is 22.6 Å². The van der Waals surface area contributed by atoms with Crippen LogP contribution < -0.4 is 4.90 Å². The van der Waals surface area contributed by atoms with Crippen molar-refractivity contribution in [3.8, 4) is 44.5 Å². The van der Waals surface area contributed by atoms with Crippen LogP contribution >= 0.6 is 11.3 Å². The molecule has 11 aromatic rings. The van der Waals surface area contributed by atoms with Crippen LogP contribution in [0.4, 0.5) is 17.1 Å². The third-order valence-electron chi connectivity index (χ3n) is 13.0. The number of nitrogens with zero attached hydrogens (tertiary/aromatic N) is 1. The first kappa shape index (κ1) is 37.0. The topological polar surface area (TPSA) is 3.24 Å². The van der Waals surface area contributed by atoms with Gasteiger partial charge in [0, 0.05) is 37.1 Å². The molecule has 0 saturated heterocycles. The van der Waals surface area contributed by atoms with E-state index in [-0.39, 0.29) is 0 Å². The molecule has 0 unspecified atom stereocenters. The summed E-state index contributed by atoms with van der Waals surface area (Å²) in [6.07, 6.45) is 0. The molecule has 0 spiro atoms. The minimum absolute atomic E-state index is 0.529. The van der Waals surface area contributed by atoms with Gasteiger partial charge in [-0.15, -0.1) is 11.3 Å². The summed E-state index contributed by atoms with van der Waals surface area (Å²) in [4.78, 5) is 2.48. The van der Waals surface area contributed by atoms with E-state index in [1.54, 1.807) is 0 Å². The lowest BCUT2D eigenvalue weighted by atomic mass is 9.67. The molecule has 0 fully saturated rings.